The van der Waals surface area contributed by atoms with Gasteiger partial charge in [0.25, 0.3) is 0 Å². The molecule has 0 aliphatic carbocycles. The maximum absolute atomic E-state index is 13.0. The fourth-order valence-electron chi connectivity index (χ4n) is 2.44. The summed E-state index contributed by atoms with van der Waals surface area (Å²) in [7, 11) is 2.03. The van der Waals surface area contributed by atoms with E-state index >= 15 is 0 Å². The zero-order chi connectivity index (χ0) is 14.5. The summed E-state index contributed by atoms with van der Waals surface area (Å²) in [4.78, 5) is 14.4. The first kappa shape index (κ1) is 15.3. The van der Waals surface area contributed by atoms with E-state index in [9.17, 15) is 9.18 Å². The van der Waals surface area contributed by atoms with Gasteiger partial charge in [-0.25, -0.2) is 4.39 Å². The molecule has 0 unspecified atom stereocenters. The lowest BCUT2D eigenvalue weighted by Gasteiger charge is -2.23. The van der Waals surface area contributed by atoms with Crippen LogP contribution in [0.5, 0.6) is 0 Å². The Kier molecular flexibility index (Phi) is 5.43. The van der Waals surface area contributed by atoms with Gasteiger partial charge in [-0.1, -0.05) is 19.1 Å². The lowest BCUT2D eigenvalue weighted by molar-refractivity contribution is -0.627. The monoisotopic (exact) mass is 297 g/mol. The van der Waals surface area contributed by atoms with Crippen LogP contribution in [0.4, 0.5) is 4.39 Å². The maximum Gasteiger partial charge on any atom is 0.236 e. The van der Waals surface area contributed by atoms with Crippen molar-refractivity contribution in [2.75, 3.05) is 20.1 Å². The highest BCUT2D eigenvalue weighted by Gasteiger charge is 2.39. The Morgan fingerprint density at radius 3 is 2.65 bits per heavy atom. The van der Waals surface area contributed by atoms with Crippen molar-refractivity contribution in [3.05, 3.63) is 35.6 Å². The van der Waals surface area contributed by atoms with Crippen molar-refractivity contribution < 1.29 is 14.5 Å². The first-order valence-electron chi connectivity index (χ1n) is 7.16. The molecule has 1 aromatic rings. The predicted octanol–water partition coefficient (Wildman–Crippen LogP) is 1.76. The number of halogens is 1. The van der Waals surface area contributed by atoms with Crippen LogP contribution in [-0.4, -0.2) is 36.2 Å². The zero-order valence-electron chi connectivity index (χ0n) is 12.0. The topological polar surface area (TPSA) is 36.9 Å². The molecular formula is C15H22FN2OS+. The molecule has 5 heteroatoms. The molecule has 1 amide bonds. The molecule has 0 radical (unpaired) electrons. The van der Waals surface area contributed by atoms with Crippen LogP contribution in [0.3, 0.4) is 0 Å². The quantitative estimate of drug-likeness (QED) is 0.812. The Hall–Kier alpha value is -1.07. The second-order valence-corrected chi connectivity index (χ2v) is 6.31. The van der Waals surface area contributed by atoms with Gasteiger partial charge in [-0.15, -0.1) is 11.8 Å². The Morgan fingerprint density at radius 2 is 2.05 bits per heavy atom. The van der Waals surface area contributed by atoms with E-state index in [1.54, 1.807) is 23.9 Å². The van der Waals surface area contributed by atoms with Crippen LogP contribution in [0.1, 0.15) is 30.7 Å². The standard InChI is InChI=1S/C15H21FN2OS/c1-3-13-14(19)18(10-4-9-17-2)15(20-13)11-5-7-12(16)8-6-11/h5-8,13,15,17H,3-4,9-10H2,1-2H3/p+1/t13-,15+/m1/s1. The SMILES string of the molecule is CC[C@H]1S[C@@H](c2ccc(F)cc2)N(CCC[NH2+]C)C1=O. The fourth-order valence-corrected chi connectivity index (χ4v) is 3.86. The molecular weight excluding hydrogens is 275 g/mol. The van der Waals surface area contributed by atoms with Crippen molar-refractivity contribution in [1.82, 2.24) is 4.90 Å². The first-order valence-corrected chi connectivity index (χ1v) is 8.11. The maximum atomic E-state index is 13.0. The summed E-state index contributed by atoms with van der Waals surface area (Å²) in [5.74, 6) is -0.00910. The first-order chi connectivity index (χ1) is 9.67. The van der Waals surface area contributed by atoms with Gasteiger partial charge in [0.05, 0.1) is 18.8 Å². The summed E-state index contributed by atoms with van der Waals surface area (Å²) in [6.45, 7) is 3.83. The third kappa shape index (κ3) is 3.33. The number of rotatable bonds is 6. The van der Waals surface area contributed by atoms with E-state index in [0.29, 0.717) is 0 Å². The summed E-state index contributed by atoms with van der Waals surface area (Å²) < 4.78 is 13.0. The van der Waals surface area contributed by atoms with E-state index in [2.05, 4.69) is 5.32 Å². The van der Waals surface area contributed by atoms with Crippen molar-refractivity contribution in [3.63, 3.8) is 0 Å². The normalized spacial score (nSPS) is 22.6. The summed E-state index contributed by atoms with van der Waals surface area (Å²) >= 11 is 1.69. The molecule has 3 nitrogen and oxygen atoms in total. The molecule has 0 aromatic heterocycles. The smallest absolute Gasteiger partial charge is 0.236 e. The number of carbonyl (C=O) groups excluding carboxylic acids is 1. The third-order valence-electron chi connectivity index (χ3n) is 3.55. The van der Waals surface area contributed by atoms with Gasteiger partial charge in [0.2, 0.25) is 5.91 Å². The van der Waals surface area contributed by atoms with E-state index in [0.717, 1.165) is 31.5 Å². The molecule has 1 aliphatic rings. The molecule has 1 saturated heterocycles. The van der Waals surface area contributed by atoms with Crippen molar-refractivity contribution in [3.8, 4) is 0 Å². The molecule has 110 valence electrons. The molecule has 1 aromatic carbocycles. The van der Waals surface area contributed by atoms with Crippen LogP contribution in [0, 0.1) is 5.82 Å². The van der Waals surface area contributed by atoms with Crippen molar-refractivity contribution in [2.24, 2.45) is 0 Å². The Bertz CT molecular complexity index is 452. The van der Waals surface area contributed by atoms with Crippen LogP contribution in [-0.2, 0) is 4.79 Å². The molecule has 0 spiro atoms. The molecule has 0 bridgehead atoms. The number of hydrogen-bond acceptors (Lipinski definition) is 2. The molecule has 1 aliphatic heterocycles. The molecule has 2 N–H and O–H groups in total. The van der Waals surface area contributed by atoms with E-state index < -0.39 is 0 Å². The number of amides is 1. The van der Waals surface area contributed by atoms with Crippen molar-refractivity contribution >= 4 is 17.7 Å². The number of hydrogen-bond donors (Lipinski definition) is 1. The lowest BCUT2D eigenvalue weighted by atomic mass is 10.2. The van der Waals surface area contributed by atoms with Gasteiger partial charge >= 0.3 is 0 Å². The number of nitrogens with zero attached hydrogens (tertiary/aromatic N) is 1. The minimum atomic E-state index is -0.234. The number of benzene rings is 1. The molecule has 1 fully saturated rings. The van der Waals surface area contributed by atoms with Gasteiger partial charge in [0.1, 0.15) is 11.2 Å². The summed E-state index contributed by atoms with van der Waals surface area (Å²) in [5, 5.41) is 2.19. The molecule has 2 rings (SSSR count). The molecule has 0 saturated carbocycles. The summed E-state index contributed by atoms with van der Waals surface area (Å²) in [5.41, 5.74) is 1.01. The van der Waals surface area contributed by atoms with E-state index in [-0.39, 0.29) is 22.3 Å². The summed E-state index contributed by atoms with van der Waals surface area (Å²) in [6, 6.07) is 6.52. The Balaban J connectivity index is 2.15. The average Bonchev–Trinajstić information content (AvgIpc) is 2.77. The van der Waals surface area contributed by atoms with Gasteiger partial charge in [-0.05, 0) is 24.1 Å². The molecule has 2 atom stereocenters. The minimum absolute atomic E-state index is 0.0323. The second-order valence-electron chi connectivity index (χ2n) is 5.02. The van der Waals surface area contributed by atoms with Crippen LogP contribution in [0.15, 0.2) is 24.3 Å². The highest BCUT2D eigenvalue weighted by molar-refractivity contribution is 8.01. The van der Waals surface area contributed by atoms with Gasteiger partial charge in [0.15, 0.2) is 0 Å². The number of thioether (sulfide) groups is 1. The van der Waals surface area contributed by atoms with Crippen LogP contribution >= 0.6 is 11.8 Å². The third-order valence-corrected chi connectivity index (χ3v) is 5.20. The Morgan fingerprint density at radius 1 is 1.35 bits per heavy atom. The highest BCUT2D eigenvalue weighted by atomic mass is 32.2. The van der Waals surface area contributed by atoms with Gasteiger partial charge in [-0.3, -0.25) is 4.79 Å². The zero-order valence-corrected chi connectivity index (χ0v) is 12.8. The van der Waals surface area contributed by atoms with E-state index in [1.807, 2.05) is 18.9 Å². The van der Waals surface area contributed by atoms with Gasteiger partial charge in [0, 0.05) is 13.0 Å². The average molecular weight is 297 g/mol. The van der Waals surface area contributed by atoms with Gasteiger partial charge in [-0.2, -0.15) is 0 Å². The number of nitrogens with two attached hydrogens (primary N) is 1. The summed E-state index contributed by atoms with van der Waals surface area (Å²) in [6.07, 6.45) is 1.83. The van der Waals surface area contributed by atoms with E-state index in [4.69, 9.17) is 0 Å². The largest absolute Gasteiger partial charge is 0.349 e. The van der Waals surface area contributed by atoms with E-state index in [1.165, 1.54) is 12.1 Å². The number of carbonyl (C=O) groups is 1. The van der Waals surface area contributed by atoms with Gasteiger partial charge < -0.3 is 10.2 Å². The molecule has 1 heterocycles. The highest BCUT2D eigenvalue weighted by Crippen LogP contribution is 2.44. The van der Waals surface area contributed by atoms with Crippen molar-refractivity contribution in [2.45, 2.75) is 30.4 Å². The van der Waals surface area contributed by atoms with Crippen LogP contribution < -0.4 is 5.32 Å². The van der Waals surface area contributed by atoms with Crippen LogP contribution in [0.2, 0.25) is 0 Å². The predicted molar refractivity (Wildman–Crippen MR) is 79.9 cm³/mol. The number of quaternary nitrogens is 1. The molecule has 20 heavy (non-hydrogen) atoms. The van der Waals surface area contributed by atoms with Crippen LogP contribution in [0.25, 0.3) is 0 Å². The lowest BCUT2D eigenvalue weighted by Crippen LogP contribution is -2.79. The Labute approximate surface area is 123 Å². The minimum Gasteiger partial charge on any atom is -0.349 e. The fraction of sp³-hybridized carbons (Fsp3) is 0.533. The second kappa shape index (κ2) is 7.09. The van der Waals surface area contributed by atoms with Crippen molar-refractivity contribution in [1.29, 1.82) is 0 Å².